The Labute approximate surface area is 118 Å². The molecule has 19 heavy (non-hydrogen) atoms. The number of hydrogen-bond acceptors (Lipinski definition) is 2. The predicted molar refractivity (Wildman–Crippen MR) is 74.3 cm³/mol. The van der Waals surface area contributed by atoms with Gasteiger partial charge < -0.3 is 0 Å². The Morgan fingerprint density at radius 2 is 1.74 bits per heavy atom. The molecule has 1 atom stereocenters. The minimum atomic E-state index is -0.615. The van der Waals surface area contributed by atoms with Gasteiger partial charge in [0.25, 0.3) is 0 Å². The fourth-order valence-electron chi connectivity index (χ4n) is 1.99. The first kappa shape index (κ1) is 14.1. The monoisotopic (exact) mass is 326 g/mol. The molecule has 2 aromatic carbocycles. The zero-order valence-electron chi connectivity index (χ0n) is 10.0. The van der Waals surface area contributed by atoms with E-state index in [0.29, 0.717) is 6.42 Å². The molecule has 100 valence electrons. The van der Waals surface area contributed by atoms with E-state index in [4.69, 9.17) is 5.84 Å². The second-order valence-corrected chi connectivity index (χ2v) is 5.10. The van der Waals surface area contributed by atoms with Crippen molar-refractivity contribution >= 4 is 15.9 Å². The van der Waals surface area contributed by atoms with Crippen LogP contribution in [-0.2, 0) is 6.42 Å². The second kappa shape index (κ2) is 6.23. The van der Waals surface area contributed by atoms with Crippen molar-refractivity contribution in [1.29, 1.82) is 0 Å². The summed E-state index contributed by atoms with van der Waals surface area (Å²) in [7, 11) is 0. The molecule has 0 spiro atoms. The maximum absolute atomic E-state index is 13.7. The molecule has 2 rings (SSSR count). The number of halogens is 3. The number of nitrogens with two attached hydrogens (primary N) is 1. The highest BCUT2D eigenvalue weighted by molar-refractivity contribution is 9.10. The number of nitrogens with one attached hydrogen (secondary N) is 1. The third-order valence-corrected chi connectivity index (χ3v) is 3.37. The van der Waals surface area contributed by atoms with Gasteiger partial charge in [0.15, 0.2) is 0 Å². The molecule has 0 aliphatic rings. The molecule has 0 aromatic heterocycles. The number of hydrazine groups is 1. The molecule has 3 N–H and O–H groups in total. The Kier molecular flexibility index (Phi) is 4.63. The molecule has 0 bridgehead atoms. The van der Waals surface area contributed by atoms with Crippen molar-refractivity contribution in [3.05, 3.63) is 69.7 Å². The van der Waals surface area contributed by atoms with Crippen molar-refractivity contribution in [1.82, 2.24) is 5.43 Å². The van der Waals surface area contributed by atoms with Gasteiger partial charge in [-0.25, -0.2) is 8.78 Å². The Balaban J connectivity index is 2.30. The minimum absolute atomic E-state index is 0.0371. The molecule has 2 nitrogen and oxygen atoms in total. The van der Waals surface area contributed by atoms with Crippen molar-refractivity contribution in [2.75, 3.05) is 0 Å². The van der Waals surface area contributed by atoms with Crippen molar-refractivity contribution in [3.63, 3.8) is 0 Å². The zero-order chi connectivity index (χ0) is 13.8. The molecular weight excluding hydrogens is 314 g/mol. The first-order valence-corrected chi connectivity index (χ1v) is 6.55. The van der Waals surface area contributed by atoms with Crippen LogP contribution in [0.1, 0.15) is 17.2 Å². The molecule has 0 heterocycles. The lowest BCUT2D eigenvalue weighted by Crippen LogP contribution is -2.31. The lowest BCUT2D eigenvalue weighted by Gasteiger charge is -2.18. The van der Waals surface area contributed by atoms with Gasteiger partial charge in [0.1, 0.15) is 11.6 Å². The fourth-order valence-corrected chi connectivity index (χ4v) is 2.43. The second-order valence-electron chi connectivity index (χ2n) is 4.19. The standard InChI is InChI=1S/C14H13BrF2N2/c15-10-4-1-3-9(7-10)8-13(19-18)14-11(16)5-2-6-12(14)17/h1-7,13,19H,8,18H2. The summed E-state index contributed by atoms with van der Waals surface area (Å²) < 4.78 is 28.4. The van der Waals surface area contributed by atoms with Crippen LogP contribution in [0.2, 0.25) is 0 Å². The summed E-state index contributed by atoms with van der Waals surface area (Å²) in [4.78, 5) is 0. The highest BCUT2D eigenvalue weighted by Crippen LogP contribution is 2.24. The Morgan fingerprint density at radius 1 is 1.11 bits per heavy atom. The summed E-state index contributed by atoms with van der Waals surface area (Å²) in [6, 6.07) is 10.7. The van der Waals surface area contributed by atoms with Crippen LogP contribution < -0.4 is 11.3 Å². The summed E-state index contributed by atoms with van der Waals surface area (Å²) >= 11 is 3.36. The van der Waals surface area contributed by atoms with Crippen molar-refractivity contribution in [2.45, 2.75) is 12.5 Å². The van der Waals surface area contributed by atoms with E-state index >= 15 is 0 Å². The molecule has 0 radical (unpaired) electrons. The molecule has 0 aliphatic carbocycles. The average molecular weight is 327 g/mol. The third kappa shape index (κ3) is 3.37. The van der Waals surface area contributed by atoms with Gasteiger partial charge in [-0.2, -0.15) is 0 Å². The summed E-state index contributed by atoms with van der Waals surface area (Å²) in [6.45, 7) is 0. The maximum atomic E-state index is 13.7. The van der Waals surface area contributed by atoms with Crippen LogP contribution in [0.25, 0.3) is 0 Å². The lowest BCUT2D eigenvalue weighted by atomic mass is 9.98. The maximum Gasteiger partial charge on any atom is 0.130 e. The fraction of sp³-hybridized carbons (Fsp3) is 0.143. The third-order valence-electron chi connectivity index (χ3n) is 2.88. The van der Waals surface area contributed by atoms with Crippen LogP contribution in [0, 0.1) is 11.6 Å². The van der Waals surface area contributed by atoms with E-state index in [1.165, 1.54) is 18.2 Å². The SMILES string of the molecule is NNC(Cc1cccc(Br)c1)c1c(F)cccc1F. The quantitative estimate of drug-likeness (QED) is 0.667. The molecule has 0 aliphatic heterocycles. The normalized spacial score (nSPS) is 12.4. The summed E-state index contributed by atoms with van der Waals surface area (Å²) in [6.07, 6.45) is 0.397. The van der Waals surface area contributed by atoms with Crippen molar-refractivity contribution in [2.24, 2.45) is 5.84 Å². The molecule has 5 heteroatoms. The molecule has 1 unspecified atom stereocenters. The Hall–Kier alpha value is -1.30. The van der Waals surface area contributed by atoms with Crippen LogP contribution in [-0.4, -0.2) is 0 Å². The molecule has 0 saturated heterocycles. The Morgan fingerprint density at radius 3 is 2.32 bits per heavy atom. The molecular formula is C14H13BrF2N2. The number of benzene rings is 2. The van der Waals surface area contributed by atoms with Gasteiger partial charge in [-0.05, 0) is 36.2 Å². The highest BCUT2D eigenvalue weighted by atomic mass is 79.9. The first-order valence-electron chi connectivity index (χ1n) is 5.76. The molecule has 0 saturated carbocycles. The summed E-state index contributed by atoms with van der Waals surface area (Å²) in [5.41, 5.74) is 3.37. The number of rotatable bonds is 4. The summed E-state index contributed by atoms with van der Waals surface area (Å²) in [5, 5.41) is 0. The van der Waals surface area contributed by atoms with E-state index in [9.17, 15) is 8.78 Å². The van der Waals surface area contributed by atoms with Gasteiger partial charge in [-0.1, -0.05) is 34.1 Å². The molecule has 2 aromatic rings. The van der Waals surface area contributed by atoms with Gasteiger partial charge in [0, 0.05) is 10.0 Å². The molecule has 0 amide bonds. The van der Waals surface area contributed by atoms with Gasteiger partial charge in [0.2, 0.25) is 0 Å². The van der Waals surface area contributed by atoms with Gasteiger partial charge >= 0.3 is 0 Å². The Bertz CT molecular complexity index is 555. The van der Waals surface area contributed by atoms with E-state index in [2.05, 4.69) is 21.4 Å². The van der Waals surface area contributed by atoms with Crippen LogP contribution in [0.5, 0.6) is 0 Å². The van der Waals surface area contributed by atoms with Crippen molar-refractivity contribution in [3.8, 4) is 0 Å². The first-order chi connectivity index (χ1) is 9.11. The van der Waals surface area contributed by atoms with E-state index < -0.39 is 17.7 Å². The number of hydrogen-bond donors (Lipinski definition) is 2. The van der Waals surface area contributed by atoms with Crippen LogP contribution >= 0.6 is 15.9 Å². The highest BCUT2D eigenvalue weighted by Gasteiger charge is 2.19. The van der Waals surface area contributed by atoms with Crippen LogP contribution in [0.4, 0.5) is 8.78 Å². The van der Waals surface area contributed by atoms with Gasteiger partial charge in [-0.3, -0.25) is 11.3 Å². The minimum Gasteiger partial charge on any atom is -0.271 e. The lowest BCUT2D eigenvalue weighted by molar-refractivity contribution is 0.473. The predicted octanol–water partition coefficient (Wildman–Crippen LogP) is 3.47. The van der Waals surface area contributed by atoms with Crippen LogP contribution in [0.15, 0.2) is 46.9 Å². The van der Waals surface area contributed by atoms with Crippen molar-refractivity contribution < 1.29 is 8.78 Å². The van der Waals surface area contributed by atoms with E-state index in [0.717, 1.165) is 10.0 Å². The van der Waals surface area contributed by atoms with E-state index in [1.54, 1.807) is 0 Å². The van der Waals surface area contributed by atoms with Gasteiger partial charge in [-0.15, -0.1) is 0 Å². The molecule has 0 fully saturated rings. The summed E-state index contributed by atoms with van der Waals surface area (Å²) in [5.74, 6) is 4.24. The van der Waals surface area contributed by atoms with Crippen LogP contribution in [0.3, 0.4) is 0 Å². The largest absolute Gasteiger partial charge is 0.271 e. The van der Waals surface area contributed by atoms with Gasteiger partial charge in [0.05, 0.1) is 6.04 Å². The smallest absolute Gasteiger partial charge is 0.130 e. The zero-order valence-corrected chi connectivity index (χ0v) is 11.6. The average Bonchev–Trinajstić information content (AvgIpc) is 2.37. The topological polar surface area (TPSA) is 38.0 Å². The van der Waals surface area contributed by atoms with E-state index in [-0.39, 0.29) is 5.56 Å². The van der Waals surface area contributed by atoms with E-state index in [1.807, 2.05) is 24.3 Å².